The topological polar surface area (TPSA) is 42.0 Å². The molecule has 1 N–H and O–H groups in total. The molecule has 0 saturated carbocycles. The molecule has 2 rings (SSSR count). The zero-order valence-corrected chi connectivity index (χ0v) is 12.0. The number of hydrogen-bond acceptors (Lipinski definition) is 2. The maximum Gasteiger partial charge on any atom is 0.251 e. The van der Waals surface area contributed by atoms with E-state index in [1.54, 1.807) is 12.4 Å². The maximum atomic E-state index is 12.0. The summed E-state index contributed by atoms with van der Waals surface area (Å²) in [5, 5.41) is 2.91. The van der Waals surface area contributed by atoms with Gasteiger partial charge in [-0.15, -0.1) is 0 Å². The van der Waals surface area contributed by atoms with E-state index >= 15 is 0 Å². The Hall–Kier alpha value is -2.16. The molecule has 0 fully saturated rings. The van der Waals surface area contributed by atoms with E-state index in [1.165, 1.54) is 5.56 Å². The highest BCUT2D eigenvalue weighted by molar-refractivity contribution is 5.94. The van der Waals surface area contributed by atoms with Crippen LogP contribution < -0.4 is 5.32 Å². The van der Waals surface area contributed by atoms with Crippen LogP contribution in [0.2, 0.25) is 0 Å². The molecule has 0 atom stereocenters. The van der Waals surface area contributed by atoms with Crippen molar-refractivity contribution in [2.75, 3.05) is 0 Å². The number of benzene rings is 1. The number of rotatable bonds is 5. The van der Waals surface area contributed by atoms with Gasteiger partial charge in [-0.3, -0.25) is 9.78 Å². The summed E-state index contributed by atoms with van der Waals surface area (Å²) in [4.78, 5) is 16.0. The standard InChI is InChI=1S/C17H20N2O/c1-13(2)11-14-3-5-16(6-4-14)17(20)19-12-15-7-9-18-10-8-15/h3-10,13H,11-12H2,1-2H3,(H,19,20). The summed E-state index contributed by atoms with van der Waals surface area (Å²) in [5.41, 5.74) is 3.02. The first-order valence-electron chi connectivity index (χ1n) is 6.91. The fraction of sp³-hybridized carbons (Fsp3) is 0.294. The molecule has 0 bridgehead atoms. The Balaban J connectivity index is 1.92. The Morgan fingerprint density at radius 2 is 1.70 bits per heavy atom. The summed E-state index contributed by atoms with van der Waals surface area (Å²) in [7, 11) is 0. The van der Waals surface area contributed by atoms with Gasteiger partial charge in [-0.1, -0.05) is 26.0 Å². The van der Waals surface area contributed by atoms with E-state index in [0.29, 0.717) is 18.0 Å². The van der Waals surface area contributed by atoms with Crippen molar-refractivity contribution in [2.24, 2.45) is 5.92 Å². The first-order valence-corrected chi connectivity index (χ1v) is 6.91. The molecular formula is C17H20N2O. The third-order valence-electron chi connectivity index (χ3n) is 3.06. The molecule has 1 heterocycles. The summed E-state index contributed by atoms with van der Waals surface area (Å²) < 4.78 is 0. The molecule has 0 unspecified atom stereocenters. The molecule has 0 spiro atoms. The smallest absolute Gasteiger partial charge is 0.251 e. The second-order valence-corrected chi connectivity index (χ2v) is 5.33. The molecule has 0 aliphatic heterocycles. The van der Waals surface area contributed by atoms with Gasteiger partial charge in [-0.25, -0.2) is 0 Å². The lowest BCUT2D eigenvalue weighted by atomic mass is 10.0. The van der Waals surface area contributed by atoms with Gasteiger partial charge in [-0.2, -0.15) is 0 Å². The predicted octanol–water partition coefficient (Wildman–Crippen LogP) is 3.21. The van der Waals surface area contributed by atoms with E-state index < -0.39 is 0 Å². The highest BCUT2D eigenvalue weighted by atomic mass is 16.1. The van der Waals surface area contributed by atoms with Gasteiger partial charge < -0.3 is 5.32 Å². The highest BCUT2D eigenvalue weighted by Crippen LogP contribution is 2.10. The summed E-state index contributed by atoms with van der Waals surface area (Å²) in [6.07, 6.45) is 4.49. The number of hydrogen-bond donors (Lipinski definition) is 1. The lowest BCUT2D eigenvalue weighted by molar-refractivity contribution is 0.0951. The van der Waals surface area contributed by atoms with Crippen LogP contribution in [0.25, 0.3) is 0 Å². The summed E-state index contributed by atoms with van der Waals surface area (Å²) in [5.74, 6) is 0.583. The number of carbonyl (C=O) groups excluding carboxylic acids is 1. The highest BCUT2D eigenvalue weighted by Gasteiger charge is 2.05. The predicted molar refractivity (Wildman–Crippen MR) is 80.4 cm³/mol. The first-order chi connectivity index (χ1) is 9.65. The van der Waals surface area contributed by atoms with E-state index in [4.69, 9.17) is 0 Å². The van der Waals surface area contributed by atoms with Crippen molar-refractivity contribution in [1.29, 1.82) is 0 Å². The number of nitrogens with one attached hydrogen (secondary N) is 1. The summed E-state index contributed by atoms with van der Waals surface area (Å²) in [6, 6.07) is 11.6. The zero-order chi connectivity index (χ0) is 14.4. The minimum atomic E-state index is -0.0436. The van der Waals surface area contributed by atoms with Crippen LogP contribution in [0.5, 0.6) is 0 Å². The Morgan fingerprint density at radius 3 is 2.30 bits per heavy atom. The van der Waals surface area contributed by atoms with Crippen LogP contribution in [0.4, 0.5) is 0 Å². The molecule has 0 aliphatic carbocycles. The van der Waals surface area contributed by atoms with Crippen LogP contribution >= 0.6 is 0 Å². The van der Waals surface area contributed by atoms with E-state index in [1.807, 2.05) is 36.4 Å². The number of carbonyl (C=O) groups is 1. The van der Waals surface area contributed by atoms with Gasteiger partial charge in [0.15, 0.2) is 0 Å². The van der Waals surface area contributed by atoms with Crippen LogP contribution in [0.15, 0.2) is 48.8 Å². The van der Waals surface area contributed by atoms with Crippen molar-refractivity contribution < 1.29 is 4.79 Å². The minimum Gasteiger partial charge on any atom is -0.348 e. The molecule has 3 heteroatoms. The lowest BCUT2D eigenvalue weighted by Crippen LogP contribution is -2.22. The van der Waals surface area contributed by atoms with Gasteiger partial charge in [0.1, 0.15) is 0 Å². The van der Waals surface area contributed by atoms with Gasteiger partial charge >= 0.3 is 0 Å². The fourth-order valence-corrected chi connectivity index (χ4v) is 2.05. The second kappa shape index (κ2) is 6.85. The molecular weight excluding hydrogens is 248 g/mol. The summed E-state index contributed by atoms with van der Waals surface area (Å²) in [6.45, 7) is 4.90. The molecule has 1 aromatic heterocycles. The normalized spacial score (nSPS) is 10.6. The van der Waals surface area contributed by atoms with Gasteiger partial charge in [0.2, 0.25) is 0 Å². The van der Waals surface area contributed by atoms with E-state index in [2.05, 4.69) is 24.1 Å². The number of pyridine rings is 1. The summed E-state index contributed by atoms with van der Waals surface area (Å²) >= 11 is 0. The van der Waals surface area contributed by atoms with Crippen LogP contribution in [-0.2, 0) is 13.0 Å². The molecule has 3 nitrogen and oxygen atoms in total. The largest absolute Gasteiger partial charge is 0.348 e. The first kappa shape index (κ1) is 14.3. The van der Waals surface area contributed by atoms with Gasteiger partial charge in [0.05, 0.1) is 0 Å². The second-order valence-electron chi connectivity index (χ2n) is 5.33. The minimum absolute atomic E-state index is 0.0436. The quantitative estimate of drug-likeness (QED) is 0.904. The Bertz CT molecular complexity index is 547. The van der Waals surface area contributed by atoms with Crippen LogP contribution in [0, 0.1) is 5.92 Å². The van der Waals surface area contributed by atoms with Gasteiger partial charge in [0, 0.05) is 24.5 Å². The molecule has 1 aromatic carbocycles. The van der Waals surface area contributed by atoms with Crippen molar-refractivity contribution in [3.8, 4) is 0 Å². The van der Waals surface area contributed by atoms with Crippen LogP contribution in [0.3, 0.4) is 0 Å². The Morgan fingerprint density at radius 1 is 1.05 bits per heavy atom. The van der Waals surface area contributed by atoms with Crippen LogP contribution in [0.1, 0.15) is 35.3 Å². The van der Waals surface area contributed by atoms with Crippen molar-refractivity contribution in [3.05, 3.63) is 65.5 Å². The van der Waals surface area contributed by atoms with Gasteiger partial charge in [-0.05, 0) is 47.7 Å². The number of aromatic nitrogens is 1. The SMILES string of the molecule is CC(C)Cc1ccc(C(=O)NCc2ccncc2)cc1. The fourth-order valence-electron chi connectivity index (χ4n) is 2.05. The van der Waals surface area contributed by atoms with E-state index in [9.17, 15) is 4.79 Å². The molecule has 0 saturated heterocycles. The Kier molecular flexibility index (Phi) is 4.88. The monoisotopic (exact) mass is 268 g/mol. The Labute approximate surface area is 120 Å². The van der Waals surface area contributed by atoms with E-state index in [-0.39, 0.29) is 5.91 Å². The zero-order valence-electron chi connectivity index (χ0n) is 12.0. The third kappa shape index (κ3) is 4.19. The average Bonchev–Trinajstić information content (AvgIpc) is 2.46. The molecule has 1 amide bonds. The average molecular weight is 268 g/mol. The van der Waals surface area contributed by atoms with Crippen molar-refractivity contribution in [3.63, 3.8) is 0 Å². The lowest BCUT2D eigenvalue weighted by Gasteiger charge is -2.07. The molecule has 20 heavy (non-hydrogen) atoms. The van der Waals surface area contributed by atoms with Crippen molar-refractivity contribution >= 4 is 5.91 Å². The van der Waals surface area contributed by atoms with Crippen molar-refractivity contribution in [1.82, 2.24) is 10.3 Å². The van der Waals surface area contributed by atoms with Crippen LogP contribution in [-0.4, -0.2) is 10.9 Å². The third-order valence-corrected chi connectivity index (χ3v) is 3.06. The number of nitrogens with zero attached hydrogens (tertiary/aromatic N) is 1. The van der Waals surface area contributed by atoms with Crippen molar-refractivity contribution in [2.45, 2.75) is 26.8 Å². The molecule has 104 valence electrons. The molecule has 0 radical (unpaired) electrons. The van der Waals surface area contributed by atoms with E-state index in [0.717, 1.165) is 12.0 Å². The van der Waals surface area contributed by atoms with Gasteiger partial charge in [0.25, 0.3) is 5.91 Å². The molecule has 0 aliphatic rings. The number of amides is 1. The maximum absolute atomic E-state index is 12.0. The molecule has 2 aromatic rings.